The standard InChI is InChI=1S/C9H12F2O.FH.H2/c1-2-12-9(10,11)8-6-4-3-5-7-8;;/h1,8H,3-7H2;2*1H. The summed E-state index contributed by atoms with van der Waals surface area (Å²) in [7, 11) is 0. The molecule has 0 amide bonds. The van der Waals surface area contributed by atoms with Gasteiger partial charge in [0, 0.05) is 1.43 Å². The topological polar surface area (TPSA) is 9.23 Å². The maximum absolute atomic E-state index is 12.9. The fourth-order valence-electron chi connectivity index (χ4n) is 1.60. The van der Waals surface area contributed by atoms with E-state index < -0.39 is 12.0 Å². The van der Waals surface area contributed by atoms with Gasteiger partial charge in [-0.05, 0) is 12.8 Å². The van der Waals surface area contributed by atoms with Crippen LogP contribution in [0.4, 0.5) is 13.5 Å². The van der Waals surface area contributed by atoms with Gasteiger partial charge in [0.05, 0.1) is 5.92 Å². The first kappa shape index (κ1) is 12.2. The van der Waals surface area contributed by atoms with Gasteiger partial charge in [-0.1, -0.05) is 25.7 Å². The Bertz CT molecular complexity index is 185. The number of ether oxygens (including phenoxy) is 1. The Balaban J connectivity index is 0. The van der Waals surface area contributed by atoms with Gasteiger partial charge in [-0.3, -0.25) is 4.70 Å². The van der Waals surface area contributed by atoms with Crippen LogP contribution in [0.1, 0.15) is 33.5 Å². The molecule has 1 fully saturated rings. The van der Waals surface area contributed by atoms with Gasteiger partial charge in [-0.2, -0.15) is 8.78 Å². The van der Waals surface area contributed by atoms with Crippen LogP contribution >= 0.6 is 0 Å². The van der Waals surface area contributed by atoms with E-state index in [1.54, 1.807) is 6.11 Å². The molecule has 4 heteroatoms. The largest absolute Gasteiger partial charge is 0.408 e. The average Bonchev–Trinajstić information content (AvgIpc) is 2.06. The first-order chi connectivity index (χ1) is 5.67. The van der Waals surface area contributed by atoms with E-state index in [2.05, 4.69) is 11.2 Å². The van der Waals surface area contributed by atoms with Crippen molar-refractivity contribution in [1.29, 1.82) is 0 Å². The van der Waals surface area contributed by atoms with E-state index in [1.165, 1.54) is 0 Å². The van der Waals surface area contributed by atoms with Gasteiger partial charge in [0.25, 0.3) is 0 Å². The highest BCUT2D eigenvalue weighted by Crippen LogP contribution is 2.36. The van der Waals surface area contributed by atoms with Crippen molar-refractivity contribution >= 4 is 0 Å². The molecule has 0 atom stereocenters. The second-order valence-corrected chi connectivity index (χ2v) is 3.12. The Kier molecular flexibility index (Phi) is 4.68. The summed E-state index contributed by atoms with van der Waals surface area (Å²) in [6.07, 6.45) is 6.91. The van der Waals surface area contributed by atoms with Crippen LogP contribution in [0.5, 0.6) is 0 Å². The minimum atomic E-state index is -3.12. The van der Waals surface area contributed by atoms with Crippen molar-refractivity contribution in [3.63, 3.8) is 0 Å². The summed E-state index contributed by atoms with van der Waals surface area (Å²) in [6, 6.07) is 0. The number of hydrogen-bond acceptors (Lipinski definition) is 1. The van der Waals surface area contributed by atoms with Crippen molar-refractivity contribution in [3.8, 4) is 12.5 Å². The summed E-state index contributed by atoms with van der Waals surface area (Å²) in [4.78, 5) is 0. The Labute approximate surface area is 77.3 Å². The molecule has 0 spiro atoms. The van der Waals surface area contributed by atoms with E-state index in [0.717, 1.165) is 19.3 Å². The zero-order valence-electron chi connectivity index (χ0n) is 7.26. The molecule has 0 N–H and O–H groups in total. The average molecular weight is 196 g/mol. The minimum absolute atomic E-state index is 0. The Morgan fingerprint density at radius 3 is 2.31 bits per heavy atom. The van der Waals surface area contributed by atoms with Crippen LogP contribution in [0.2, 0.25) is 0 Å². The Morgan fingerprint density at radius 1 is 1.31 bits per heavy atom. The molecular weight excluding hydrogens is 181 g/mol. The van der Waals surface area contributed by atoms with Gasteiger partial charge in [-0.25, -0.2) is 0 Å². The van der Waals surface area contributed by atoms with Crippen LogP contribution in [0.25, 0.3) is 0 Å². The highest BCUT2D eigenvalue weighted by Gasteiger charge is 2.41. The summed E-state index contributed by atoms with van der Waals surface area (Å²) in [5, 5.41) is 0. The summed E-state index contributed by atoms with van der Waals surface area (Å²) in [6.45, 7) is 0. The molecule has 1 aliphatic rings. The molecule has 13 heavy (non-hydrogen) atoms. The van der Waals surface area contributed by atoms with Crippen molar-refractivity contribution in [2.45, 2.75) is 38.2 Å². The maximum atomic E-state index is 12.9. The molecule has 1 saturated carbocycles. The molecule has 0 aromatic rings. The quantitative estimate of drug-likeness (QED) is 0.616. The molecule has 0 aromatic carbocycles. The third-order valence-electron chi connectivity index (χ3n) is 2.28. The Morgan fingerprint density at radius 2 is 1.85 bits per heavy atom. The van der Waals surface area contributed by atoms with Gasteiger partial charge in [0.1, 0.15) is 6.11 Å². The second kappa shape index (κ2) is 5.00. The van der Waals surface area contributed by atoms with Crippen LogP contribution in [-0.2, 0) is 4.74 Å². The van der Waals surface area contributed by atoms with E-state index in [1.807, 2.05) is 0 Å². The van der Waals surface area contributed by atoms with Crippen molar-refractivity contribution in [1.82, 2.24) is 0 Å². The first-order valence-electron chi connectivity index (χ1n) is 4.18. The van der Waals surface area contributed by atoms with Crippen LogP contribution in [-0.4, -0.2) is 6.11 Å². The van der Waals surface area contributed by atoms with Gasteiger partial charge < -0.3 is 4.74 Å². The van der Waals surface area contributed by atoms with Crippen molar-refractivity contribution in [3.05, 3.63) is 0 Å². The van der Waals surface area contributed by atoms with Gasteiger partial charge in [0.2, 0.25) is 0 Å². The third-order valence-corrected chi connectivity index (χ3v) is 2.28. The molecule has 0 heterocycles. The van der Waals surface area contributed by atoms with Crippen LogP contribution in [0, 0.1) is 18.4 Å². The molecule has 78 valence electrons. The van der Waals surface area contributed by atoms with Gasteiger partial charge in [0.15, 0.2) is 0 Å². The number of terminal acetylenes is 1. The molecule has 0 radical (unpaired) electrons. The molecule has 1 rings (SSSR count). The van der Waals surface area contributed by atoms with Crippen LogP contribution in [0.15, 0.2) is 0 Å². The number of halogens is 3. The predicted molar refractivity (Wildman–Crippen MR) is 46.1 cm³/mol. The van der Waals surface area contributed by atoms with Crippen LogP contribution < -0.4 is 0 Å². The molecular formula is C9H15F3O. The third kappa shape index (κ3) is 3.17. The zero-order valence-corrected chi connectivity index (χ0v) is 7.26. The number of rotatable bonds is 2. The molecule has 1 nitrogen and oxygen atoms in total. The molecule has 1 aliphatic carbocycles. The monoisotopic (exact) mass is 196 g/mol. The fraction of sp³-hybridized carbons (Fsp3) is 0.778. The summed E-state index contributed by atoms with van der Waals surface area (Å²) in [5.41, 5.74) is 0. The highest BCUT2D eigenvalue weighted by atomic mass is 19.3. The second-order valence-electron chi connectivity index (χ2n) is 3.12. The predicted octanol–water partition coefficient (Wildman–Crippen LogP) is 3.17. The van der Waals surface area contributed by atoms with Gasteiger partial charge in [-0.15, -0.1) is 0 Å². The molecule has 0 bridgehead atoms. The summed E-state index contributed by atoms with van der Waals surface area (Å²) < 4.78 is 29.9. The van der Waals surface area contributed by atoms with Crippen molar-refractivity contribution < 1.29 is 19.6 Å². The fourth-order valence-corrected chi connectivity index (χ4v) is 1.60. The lowest BCUT2D eigenvalue weighted by molar-refractivity contribution is -0.239. The van der Waals surface area contributed by atoms with E-state index in [-0.39, 0.29) is 6.13 Å². The Hall–Kier alpha value is -0.850. The van der Waals surface area contributed by atoms with Gasteiger partial charge >= 0.3 is 6.11 Å². The SMILES string of the molecule is C#COC(F)(F)C1CCCCC1.F.[HH]. The highest BCUT2D eigenvalue weighted by molar-refractivity contribution is 4.79. The van der Waals surface area contributed by atoms with Crippen molar-refractivity contribution in [2.24, 2.45) is 5.92 Å². The first-order valence-corrected chi connectivity index (χ1v) is 4.18. The lowest BCUT2D eigenvalue weighted by Gasteiger charge is -2.27. The van der Waals surface area contributed by atoms with Crippen LogP contribution in [0.3, 0.4) is 0 Å². The number of alkyl halides is 2. The zero-order chi connectivity index (χ0) is 9.03. The molecule has 0 unspecified atom stereocenters. The lowest BCUT2D eigenvalue weighted by atomic mass is 9.88. The molecule has 0 aliphatic heterocycles. The normalized spacial score (nSPS) is 18.5. The van der Waals surface area contributed by atoms with E-state index >= 15 is 0 Å². The van der Waals surface area contributed by atoms with E-state index in [9.17, 15) is 8.78 Å². The van der Waals surface area contributed by atoms with Crippen molar-refractivity contribution in [2.75, 3.05) is 0 Å². The summed E-state index contributed by atoms with van der Waals surface area (Å²) >= 11 is 0. The minimum Gasteiger partial charge on any atom is -0.379 e. The molecule has 0 aromatic heterocycles. The summed E-state index contributed by atoms with van der Waals surface area (Å²) in [5.74, 6) is -0.678. The van der Waals surface area contributed by atoms with E-state index in [4.69, 9.17) is 0 Å². The maximum Gasteiger partial charge on any atom is 0.408 e. The molecule has 0 saturated heterocycles. The number of hydrogen-bond donors (Lipinski definition) is 0. The lowest BCUT2D eigenvalue weighted by Crippen LogP contribution is -2.31. The smallest absolute Gasteiger partial charge is 0.379 e. The van der Waals surface area contributed by atoms with E-state index in [0.29, 0.717) is 12.8 Å².